The van der Waals surface area contributed by atoms with Gasteiger partial charge < -0.3 is 29.1 Å². The second-order valence-corrected chi connectivity index (χ2v) is 12.6. The number of rotatable bonds is 1. The molecule has 0 saturated carbocycles. The van der Waals surface area contributed by atoms with Crippen LogP contribution in [0.1, 0.15) is 82.1 Å². The van der Waals surface area contributed by atoms with Crippen molar-refractivity contribution >= 4 is 12.2 Å². The van der Waals surface area contributed by atoms with E-state index in [2.05, 4.69) is 13.8 Å². The van der Waals surface area contributed by atoms with Crippen molar-refractivity contribution in [2.24, 2.45) is 10.8 Å². The molecule has 8 heteroatoms. The van der Waals surface area contributed by atoms with Gasteiger partial charge in [-0.05, 0) is 54.4 Å². The Bertz CT molecular complexity index is 663. The van der Waals surface area contributed by atoms with Gasteiger partial charge in [-0.2, -0.15) is 0 Å². The van der Waals surface area contributed by atoms with Crippen LogP contribution in [0.2, 0.25) is 0 Å². The zero-order valence-electron chi connectivity index (χ0n) is 22.8. The van der Waals surface area contributed by atoms with Crippen molar-refractivity contribution < 1.29 is 28.9 Å². The van der Waals surface area contributed by atoms with Gasteiger partial charge >= 0.3 is 12.2 Å². The molecule has 2 rings (SSSR count). The van der Waals surface area contributed by atoms with Gasteiger partial charge in [0.2, 0.25) is 0 Å². The lowest BCUT2D eigenvalue weighted by molar-refractivity contribution is -0.0571. The first-order valence-corrected chi connectivity index (χ1v) is 11.9. The van der Waals surface area contributed by atoms with E-state index in [9.17, 15) is 14.7 Å². The average molecular weight is 473 g/mol. The van der Waals surface area contributed by atoms with Crippen LogP contribution in [0, 0.1) is 10.8 Å². The molecule has 0 radical (unpaired) electrons. The Balaban J connectivity index is 0.000000331. The molecule has 2 fully saturated rings. The van der Waals surface area contributed by atoms with E-state index in [-0.39, 0.29) is 35.2 Å². The van der Waals surface area contributed by atoms with E-state index in [1.54, 1.807) is 16.9 Å². The second kappa shape index (κ2) is 10.8. The highest BCUT2D eigenvalue weighted by atomic mass is 16.6. The highest BCUT2D eigenvalue weighted by Gasteiger charge is 2.39. The molecule has 1 N–H and O–H groups in total. The summed E-state index contributed by atoms with van der Waals surface area (Å²) in [5.74, 6) is 0. The molecule has 2 amide bonds. The number of likely N-dealkylation sites (tertiary alicyclic amines) is 2. The van der Waals surface area contributed by atoms with Crippen molar-refractivity contribution in [1.29, 1.82) is 0 Å². The number of carbonyl (C=O) groups is 2. The van der Waals surface area contributed by atoms with Crippen LogP contribution >= 0.6 is 0 Å². The van der Waals surface area contributed by atoms with Crippen molar-refractivity contribution in [2.75, 3.05) is 33.3 Å². The van der Waals surface area contributed by atoms with Crippen LogP contribution in [0.15, 0.2) is 0 Å². The molecule has 0 bridgehead atoms. The number of aliphatic hydroxyl groups excluding tert-OH is 1. The highest BCUT2D eigenvalue weighted by Crippen LogP contribution is 2.32. The summed E-state index contributed by atoms with van der Waals surface area (Å²) in [6.45, 7) is 21.9. The fraction of sp³-hybridized carbons (Fsp3) is 0.920. The van der Waals surface area contributed by atoms with Crippen LogP contribution in [0.5, 0.6) is 0 Å². The summed E-state index contributed by atoms with van der Waals surface area (Å²) in [6, 6.07) is 0. The summed E-state index contributed by atoms with van der Waals surface area (Å²) >= 11 is 0. The zero-order chi connectivity index (χ0) is 25.8. The van der Waals surface area contributed by atoms with E-state index in [0.717, 1.165) is 6.42 Å². The Morgan fingerprint density at radius 1 is 0.788 bits per heavy atom. The van der Waals surface area contributed by atoms with E-state index < -0.39 is 11.2 Å². The number of methoxy groups -OCH3 is 1. The zero-order valence-corrected chi connectivity index (χ0v) is 22.8. The molecular formula is C25H48N2O6. The molecule has 0 aliphatic carbocycles. The lowest BCUT2D eigenvalue weighted by Gasteiger charge is -2.43. The molecule has 0 aromatic heterocycles. The average Bonchev–Trinajstić information content (AvgIpc) is 2.60. The van der Waals surface area contributed by atoms with Gasteiger partial charge in [-0.3, -0.25) is 0 Å². The predicted octanol–water partition coefficient (Wildman–Crippen LogP) is 4.68. The van der Waals surface area contributed by atoms with Gasteiger partial charge in [0.05, 0.1) is 12.2 Å². The molecule has 0 spiro atoms. The maximum Gasteiger partial charge on any atom is 0.410 e. The number of nitrogens with zero attached hydrogens (tertiary/aromatic N) is 2. The minimum atomic E-state index is -0.461. The first-order valence-electron chi connectivity index (χ1n) is 11.9. The van der Waals surface area contributed by atoms with Crippen LogP contribution in [-0.4, -0.2) is 83.8 Å². The van der Waals surface area contributed by atoms with Crippen LogP contribution in [0.25, 0.3) is 0 Å². The Labute approximate surface area is 200 Å². The van der Waals surface area contributed by atoms with Gasteiger partial charge in [0.15, 0.2) is 0 Å². The Kier molecular flexibility index (Phi) is 9.66. The van der Waals surface area contributed by atoms with E-state index in [1.165, 1.54) is 0 Å². The number of amides is 2. The molecule has 2 aliphatic rings. The molecule has 0 unspecified atom stereocenters. The lowest BCUT2D eigenvalue weighted by atomic mass is 9.81. The number of carbonyl (C=O) groups excluding carboxylic acids is 2. The maximum absolute atomic E-state index is 12.0. The molecule has 2 atom stereocenters. The highest BCUT2D eigenvalue weighted by molar-refractivity contribution is 5.68. The fourth-order valence-electron chi connectivity index (χ4n) is 4.08. The molecule has 0 aromatic rings. The van der Waals surface area contributed by atoms with E-state index >= 15 is 0 Å². The van der Waals surface area contributed by atoms with Gasteiger partial charge in [-0.25, -0.2) is 9.59 Å². The minimum Gasteiger partial charge on any atom is -0.444 e. The first kappa shape index (κ1) is 29.5. The summed E-state index contributed by atoms with van der Waals surface area (Å²) in [4.78, 5) is 27.2. The summed E-state index contributed by atoms with van der Waals surface area (Å²) in [7, 11) is 1.73. The Hall–Kier alpha value is -1.54. The fourth-order valence-corrected chi connectivity index (χ4v) is 4.08. The van der Waals surface area contributed by atoms with Gasteiger partial charge in [0, 0.05) is 44.1 Å². The van der Waals surface area contributed by atoms with Gasteiger partial charge in [-0.1, -0.05) is 27.7 Å². The van der Waals surface area contributed by atoms with Crippen molar-refractivity contribution in [3.63, 3.8) is 0 Å². The molecule has 33 heavy (non-hydrogen) atoms. The molecule has 2 aliphatic heterocycles. The standard InChI is InChI=1S/C13H25NO3.C12H23NO3/c1-12(2,3)17-11(15)14-8-7-10(16-6)13(4,5)9-14;1-11(2,3)16-10(15)13-7-6-9(14)12(4,5)8-13/h10H,7-9H2,1-6H3;9,14H,6-8H2,1-5H3/t10-;9-/m11/s1. The first-order chi connectivity index (χ1) is 14.8. The molecule has 194 valence electrons. The molecule has 2 saturated heterocycles. The van der Waals surface area contributed by atoms with Gasteiger partial charge in [-0.15, -0.1) is 0 Å². The summed E-state index contributed by atoms with van der Waals surface area (Å²) in [5.41, 5.74) is -1.17. The van der Waals surface area contributed by atoms with Crippen molar-refractivity contribution in [2.45, 2.75) is 105 Å². The summed E-state index contributed by atoms with van der Waals surface area (Å²) in [6.07, 6.45) is 0.842. The summed E-state index contributed by atoms with van der Waals surface area (Å²) in [5, 5.41) is 9.79. The van der Waals surface area contributed by atoms with Crippen LogP contribution < -0.4 is 0 Å². The number of hydrogen-bond donors (Lipinski definition) is 1. The number of piperidine rings is 2. The Morgan fingerprint density at radius 2 is 1.18 bits per heavy atom. The third kappa shape index (κ3) is 9.69. The lowest BCUT2D eigenvalue weighted by Crippen LogP contribution is -2.52. The van der Waals surface area contributed by atoms with Crippen LogP contribution in [0.3, 0.4) is 0 Å². The quantitative estimate of drug-likeness (QED) is 0.596. The number of hydrogen-bond acceptors (Lipinski definition) is 6. The molecule has 2 heterocycles. The third-order valence-electron chi connectivity index (χ3n) is 5.89. The maximum atomic E-state index is 12.0. The predicted molar refractivity (Wildman–Crippen MR) is 129 cm³/mol. The second-order valence-electron chi connectivity index (χ2n) is 12.6. The monoisotopic (exact) mass is 472 g/mol. The SMILES string of the molecule is CC(C)(C)OC(=O)N1CC[C@@H](O)C(C)(C)C1.CO[C@@H]1CCN(C(=O)OC(C)(C)C)CC1(C)C. The largest absolute Gasteiger partial charge is 0.444 e. The number of aliphatic hydroxyl groups is 1. The minimum absolute atomic E-state index is 0.0239. The van der Waals surface area contributed by atoms with Crippen LogP contribution in [-0.2, 0) is 14.2 Å². The van der Waals surface area contributed by atoms with E-state index in [0.29, 0.717) is 32.6 Å². The molecule has 8 nitrogen and oxygen atoms in total. The van der Waals surface area contributed by atoms with E-state index in [1.807, 2.05) is 55.4 Å². The van der Waals surface area contributed by atoms with E-state index in [4.69, 9.17) is 14.2 Å². The van der Waals surface area contributed by atoms with Crippen molar-refractivity contribution in [1.82, 2.24) is 9.80 Å². The van der Waals surface area contributed by atoms with Gasteiger partial charge in [0.1, 0.15) is 11.2 Å². The number of ether oxygens (including phenoxy) is 3. The molecule has 0 aromatic carbocycles. The van der Waals surface area contributed by atoms with Crippen molar-refractivity contribution in [3.05, 3.63) is 0 Å². The Morgan fingerprint density at radius 3 is 1.52 bits per heavy atom. The third-order valence-corrected chi connectivity index (χ3v) is 5.89. The molecular weight excluding hydrogens is 424 g/mol. The van der Waals surface area contributed by atoms with Crippen LogP contribution in [0.4, 0.5) is 9.59 Å². The topological polar surface area (TPSA) is 88.5 Å². The normalized spacial score (nSPS) is 25.0. The van der Waals surface area contributed by atoms with Crippen molar-refractivity contribution in [3.8, 4) is 0 Å². The summed E-state index contributed by atoms with van der Waals surface area (Å²) < 4.78 is 16.2. The smallest absolute Gasteiger partial charge is 0.410 e. The van der Waals surface area contributed by atoms with Gasteiger partial charge in [0.25, 0.3) is 0 Å².